The molecule has 1 saturated heterocycles. The maximum absolute atomic E-state index is 12.5. The largest absolute Gasteiger partial charge is 0.480 e. The average Bonchev–Trinajstić information content (AvgIpc) is 3.29. The van der Waals surface area contributed by atoms with Crippen molar-refractivity contribution in [1.82, 2.24) is 4.90 Å². The summed E-state index contributed by atoms with van der Waals surface area (Å²) >= 11 is 0. The van der Waals surface area contributed by atoms with Crippen LogP contribution in [0.15, 0.2) is 0 Å². The third-order valence-corrected chi connectivity index (χ3v) is 4.97. The van der Waals surface area contributed by atoms with Crippen molar-refractivity contribution in [3.8, 4) is 0 Å². The van der Waals surface area contributed by atoms with E-state index in [0.29, 0.717) is 25.3 Å². The molecule has 0 aromatic carbocycles. The Morgan fingerprint density at radius 1 is 1.05 bits per heavy atom. The number of hydrogen-bond acceptors (Lipinski definition) is 2. The first-order valence-electron chi connectivity index (χ1n) is 7.69. The fraction of sp³-hybridized carbons (Fsp3) is 0.867. The third kappa shape index (κ3) is 2.93. The predicted octanol–water partition coefficient (Wildman–Crippen LogP) is 2.28. The second-order valence-electron chi connectivity index (χ2n) is 6.48. The van der Waals surface area contributed by atoms with Gasteiger partial charge in [-0.3, -0.25) is 4.79 Å². The fourth-order valence-electron chi connectivity index (χ4n) is 3.57. The molecule has 1 aliphatic heterocycles. The van der Waals surface area contributed by atoms with Crippen molar-refractivity contribution in [3.63, 3.8) is 0 Å². The quantitative estimate of drug-likeness (QED) is 0.829. The van der Waals surface area contributed by atoms with Gasteiger partial charge in [-0.2, -0.15) is 0 Å². The molecule has 3 aliphatic rings. The summed E-state index contributed by atoms with van der Waals surface area (Å²) in [6, 6.07) is -0.569. The second-order valence-corrected chi connectivity index (χ2v) is 6.48. The van der Waals surface area contributed by atoms with Gasteiger partial charge in [-0.15, -0.1) is 0 Å². The standard InChI is InChI=1S/C15H23NO3/c17-14(9-12(10-4-5-10)11-6-7-11)16-8-2-1-3-13(16)15(18)19/h10-13H,1-9H2,(H,18,19)/t13-/m1/s1. The molecule has 0 unspecified atom stereocenters. The molecule has 4 heteroatoms. The van der Waals surface area contributed by atoms with E-state index in [1.807, 2.05) is 0 Å². The SMILES string of the molecule is O=C(O)[C@H]1CCCCN1C(=O)CC(C1CC1)C1CC1. The molecular formula is C15H23NO3. The number of hydrogen-bond donors (Lipinski definition) is 1. The molecule has 19 heavy (non-hydrogen) atoms. The molecule has 2 aliphatic carbocycles. The van der Waals surface area contributed by atoms with E-state index in [-0.39, 0.29) is 5.91 Å². The van der Waals surface area contributed by atoms with Gasteiger partial charge in [-0.05, 0) is 62.7 Å². The van der Waals surface area contributed by atoms with E-state index in [1.54, 1.807) is 4.90 Å². The lowest BCUT2D eigenvalue weighted by Gasteiger charge is -2.34. The van der Waals surface area contributed by atoms with E-state index in [0.717, 1.165) is 24.7 Å². The van der Waals surface area contributed by atoms with Crippen molar-refractivity contribution in [2.24, 2.45) is 17.8 Å². The number of piperidine rings is 1. The summed E-state index contributed by atoms with van der Waals surface area (Å²) < 4.78 is 0. The normalized spacial score (nSPS) is 27.6. The number of nitrogens with zero attached hydrogens (tertiary/aromatic N) is 1. The summed E-state index contributed by atoms with van der Waals surface area (Å²) in [5.41, 5.74) is 0. The molecule has 106 valence electrons. The van der Waals surface area contributed by atoms with Crippen LogP contribution in [0.2, 0.25) is 0 Å². The lowest BCUT2D eigenvalue weighted by molar-refractivity contribution is -0.152. The minimum Gasteiger partial charge on any atom is -0.480 e. The van der Waals surface area contributed by atoms with Crippen LogP contribution >= 0.6 is 0 Å². The van der Waals surface area contributed by atoms with Gasteiger partial charge in [0.05, 0.1) is 0 Å². The number of amides is 1. The lowest BCUT2D eigenvalue weighted by Crippen LogP contribution is -2.48. The average molecular weight is 265 g/mol. The molecule has 4 nitrogen and oxygen atoms in total. The Morgan fingerprint density at radius 2 is 1.68 bits per heavy atom. The number of carboxylic acids is 1. The van der Waals surface area contributed by atoms with Gasteiger partial charge in [0.2, 0.25) is 5.91 Å². The maximum atomic E-state index is 12.5. The molecule has 0 radical (unpaired) electrons. The highest BCUT2D eigenvalue weighted by atomic mass is 16.4. The Labute approximate surface area is 114 Å². The van der Waals surface area contributed by atoms with Crippen LogP contribution in [0.1, 0.15) is 51.4 Å². The summed E-state index contributed by atoms with van der Waals surface area (Å²) in [6.45, 7) is 0.637. The van der Waals surface area contributed by atoms with E-state index in [1.165, 1.54) is 25.7 Å². The molecule has 0 bridgehead atoms. The Morgan fingerprint density at radius 3 is 2.21 bits per heavy atom. The number of rotatable bonds is 5. The predicted molar refractivity (Wildman–Crippen MR) is 70.5 cm³/mol. The van der Waals surface area contributed by atoms with Gasteiger partial charge in [-0.1, -0.05) is 0 Å². The Balaban J connectivity index is 1.62. The summed E-state index contributed by atoms with van der Waals surface area (Å²) in [6.07, 6.45) is 8.20. The van der Waals surface area contributed by atoms with Gasteiger partial charge in [0.25, 0.3) is 0 Å². The second kappa shape index (κ2) is 5.14. The van der Waals surface area contributed by atoms with Gasteiger partial charge in [0.1, 0.15) is 6.04 Å². The molecule has 1 N–H and O–H groups in total. The zero-order valence-corrected chi connectivity index (χ0v) is 11.4. The number of aliphatic carboxylic acids is 1. The third-order valence-electron chi connectivity index (χ3n) is 4.97. The molecular weight excluding hydrogens is 242 g/mol. The number of carboxylic acid groups (broad SMARTS) is 1. The van der Waals surface area contributed by atoms with Crippen molar-refractivity contribution < 1.29 is 14.7 Å². The van der Waals surface area contributed by atoms with Crippen LogP contribution in [-0.4, -0.2) is 34.5 Å². The van der Waals surface area contributed by atoms with Gasteiger partial charge < -0.3 is 10.0 Å². The first kappa shape index (κ1) is 12.9. The van der Waals surface area contributed by atoms with Crippen molar-refractivity contribution in [2.75, 3.05) is 6.54 Å². The van der Waals surface area contributed by atoms with Crippen molar-refractivity contribution in [2.45, 2.75) is 57.4 Å². The summed E-state index contributed by atoms with van der Waals surface area (Å²) in [4.78, 5) is 25.3. The molecule has 1 atom stereocenters. The summed E-state index contributed by atoms with van der Waals surface area (Å²) in [5, 5.41) is 9.24. The molecule has 3 fully saturated rings. The fourth-order valence-corrected chi connectivity index (χ4v) is 3.57. The molecule has 1 heterocycles. The van der Waals surface area contributed by atoms with Gasteiger partial charge in [0.15, 0.2) is 0 Å². The highest BCUT2D eigenvalue weighted by molar-refractivity contribution is 5.84. The Bertz CT molecular complexity index is 362. The van der Waals surface area contributed by atoms with Crippen LogP contribution in [0.4, 0.5) is 0 Å². The summed E-state index contributed by atoms with van der Waals surface area (Å²) in [5.74, 6) is 1.32. The Kier molecular flexibility index (Phi) is 3.50. The van der Waals surface area contributed by atoms with E-state index in [9.17, 15) is 14.7 Å². The van der Waals surface area contributed by atoms with E-state index in [4.69, 9.17) is 0 Å². The Hall–Kier alpha value is -1.06. The number of carbonyl (C=O) groups excluding carboxylic acids is 1. The highest BCUT2D eigenvalue weighted by Crippen LogP contribution is 2.50. The molecule has 0 aromatic heterocycles. The number of likely N-dealkylation sites (tertiary alicyclic amines) is 1. The van der Waals surface area contributed by atoms with Gasteiger partial charge in [0, 0.05) is 13.0 Å². The topological polar surface area (TPSA) is 57.6 Å². The van der Waals surface area contributed by atoms with Crippen LogP contribution < -0.4 is 0 Å². The van der Waals surface area contributed by atoms with Crippen LogP contribution in [-0.2, 0) is 9.59 Å². The monoisotopic (exact) mass is 265 g/mol. The summed E-state index contributed by atoms with van der Waals surface area (Å²) in [7, 11) is 0. The maximum Gasteiger partial charge on any atom is 0.326 e. The first-order valence-corrected chi connectivity index (χ1v) is 7.69. The molecule has 0 spiro atoms. The van der Waals surface area contributed by atoms with Crippen molar-refractivity contribution in [3.05, 3.63) is 0 Å². The van der Waals surface area contributed by atoms with Gasteiger partial charge in [-0.25, -0.2) is 4.79 Å². The number of carbonyl (C=O) groups is 2. The minimum atomic E-state index is -0.831. The van der Waals surface area contributed by atoms with Crippen LogP contribution in [0, 0.1) is 17.8 Å². The minimum absolute atomic E-state index is 0.0934. The van der Waals surface area contributed by atoms with E-state index in [2.05, 4.69) is 0 Å². The molecule has 3 rings (SSSR count). The first-order chi connectivity index (χ1) is 9.16. The zero-order chi connectivity index (χ0) is 13.4. The van der Waals surface area contributed by atoms with E-state index < -0.39 is 12.0 Å². The molecule has 1 amide bonds. The van der Waals surface area contributed by atoms with E-state index >= 15 is 0 Å². The zero-order valence-electron chi connectivity index (χ0n) is 11.4. The van der Waals surface area contributed by atoms with Crippen LogP contribution in [0.3, 0.4) is 0 Å². The highest BCUT2D eigenvalue weighted by Gasteiger charge is 2.43. The lowest BCUT2D eigenvalue weighted by atomic mass is 9.92. The van der Waals surface area contributed by atoms with Crippen LogP contribution in [0.25, 0.3) is 0 Å². The molecule has 0 aromatic rings. The van der Waals surface area contributed by atoms with Crippen molar-refractivity contribution >= 4 is 11.9 Å². The molecule has 2 saturated carbocycles. The smallest absolute Gasteiger partial charge is 0.326 e. The van der Waals surface area contributed by atoms with Crippen molar-refractivity contribution in [1.29, 1.82) is 0 Å². The van der Waals surface area contributed by atoms with Gasteiger partial charge >= 0.3 is 5.97 Å². The van der Waals surface area contributed by atoms with Crippen LogP contribution in [0.5, 0.6) is 0 Å².